The molecule has 0 spiro atoms. The van der Waals surface area contributed by atoms with Gasteiger partial charge in [0.15, 0.2) is 6.10 Å². The van der Waals surface area contributed by atoms with Gasteiger partial charge in [-0.1, -0.05) is 151 Å². The van der Waals surface area contributed by atoms with E-state index in [0.717, 1.165) is 57.8 Å². The summed E-state index contributed by atoms with van der Waals surface area (Å²) in [6.07, 6.45) is 41.7. The number of esters is 2. The van der Waals surface area contributed by atoms with E-state index >= 15 is 0 Å². The summed E-state index contributed by atoms with van der Waals surface area (Å²) >= 11 is 0. The lowest BCUT2D eigenvalue weighted by Crippen LogP contribution is -2.29. The summed E-state index contributed by atoms with van der Waals surface area (Å²) in [5.74, 6) is -1.03. The van der Waals surface area contributed by atoms with Crippen molar-refractivity contribution in [1.29, 1.82) is 0 Å². The molecule has 0 heterocycles. The molecule has 0 aromatic carbocycles. The number of carbonyl (C=O) groups excluding carboxylic acids is 2. The van der Waals surface area contributed by atoms with E-state index in [2.05, 4.69) is 79.1 Å². The smallest absolute Gasteiger partial charge is 0.462 e. The molecule has 3 N–H and O–H groups in total. The highest BCUT2D eigenvalue weighted by Crippen LogP contribution is 2.43. The van der Waals surface area contributed by atoms with Gasteiger partial charge in [0.1, 0.15) is 12.7 Å². The molecule has 3 atom stereocenters. The Kier molecular flexibility index (Phi) is 35.9. The third-order valence-corrected chi connectivity index (χ3v) is 8.84. The lowest BCUT2D eigenvalue weighted by Gasteiger charge is -2.20. The summed E-state index contributed by atoms with van der Waals surface area (Å²) in [5, 5.41) is 18.3. The van der Waals surface area contributed by atoms with Crippen LogP contribution in [-0.2, 0) is 32.7 Å². The maximum Gasteiger partial charge on any atom is 0.472 e. The molecule has 0 bridgehead atoms. The van der Waals surface area contributed by atoms with Crippen molar-refractivity contribution in [2.24, 2.45) is 0 Å². The second kappa shape index (κ2) is 37.7. The highest BCUT2D eigenvalue weighted by molar-refractivity contribution is 7.47. The molecule has 0 radical (unpaired) electrons. The molecule has 0 aromatic heterocycles. The van der Waals surface area contributed by atoms with Gasteiger partial charge >= 0.3 is 19.8 Å². The predicted octanol–water partition coefficient (Wildman–Crippen LogP) is 10.1. The molecule has 0 aliphatic rings. The summed E-state index contributed by atoms with van der Waals surface area (Å²) in [4.78, 5) is 34.8. The van der Waals surface area contributed by atoms with Crippen molar-refractivity contribution < 1.29 is 47.8 Å². The zero-order chi connectivity index (χ0) is 39.1. The van der Waals surface area contributed by atoms with Crippen LogP contribution in [-0.4, -0.2) is 65.7 Å². The Balaban J connectivity index is 4.49. The fourth-order valence-electron chi connectivity index (χ4n) is 4.84. The van der Waals surface area contributed by atoms with E-state index in [1.165, 1.54) is 44.9 Å². The van der Waals surface area contributed by atoms with Gasteiger partial charge < -0.3 is 24.6 Å². The largest absolute Gasteiger partial charge is 0.472 e. The molecule has 11 heteroatoms. The van der Waals surface area contributed by atoms with Gasteiger partial charge in [-0.05, 0) is 51.4 Å². The number of hydrogen-bond donors (Lipinski definition) is 3. The van der Waals surface area contributed by atoms with Crippen LogP contribution in [0.5, 0.6) is 0 Å². The standard InChI is InChI=1S/C42H71O10P/c1-3-5-7-9-11-13-15-16-17-18-19-20-21-22-24-26-28-30-32-34-42(46)52-40(38-51-53(47,48)50-36-39(44)35-43)37-49-41(45)33-31-29-27-25-23-14-12-10-8-6-4-2/h5,7,11,13,16-17,19-20,22,24,28,30,39-40,43-44H,3-4,6,8-10,12,14-15,18,21,23,25-27,29,31-38H2,1-2H3,(H,47,48)/b7-5+,13-11+,17-16+,20-19+,24-22+,30-28+/t39-,40+/m0/s1. The van der Waals surface area contributed by atoms with E-state index in [9.17, 15) is 24.2 Å². The van der Waals surface area contributed by atoms with Crippen LogP contribution < -0.4 is 0 Å². The number of ether oxygens (including phenoxy) is 2. The quantitative estimate of drug-likeness (QED) is 0.0243. The average Bonchev–Trinajstić information content (AvgIpc) is 3.14. The Hall–Kier alpha value is -2.59. The maximum atomic E-state index is 12.5. The van der Waals surface area contributed by atoms with Crippen molar-refractivity contribution >= 4 is 19.8 Å². The van der Waals surface area contributed by atoms with Gasteiger partial charge in [-0.15, -0.1) is 0 Å². The molecule has 0 saturated carbocycles. The third-order valence-electron chi connectivity index (χ3n) is 7.89. The minimum atomic E-state index is -4.63. The number of phosphoric acid groups is 1. The first-order valence-corrected chi connectivity index (χ1v) is 21.4. The Morgan fingerprint density at radius 1 is 0.585 bits per heavy atom. The van der Waals surface area contributed by atoms with Crippen molar-refractivity contribution in [2.45, 2.75) is 154 Å². The van der Waals surface area contributed by atoms with Gasteiger partial charge in [0, 0.05) is 12.8 Å². The minimum Gasteiger partial charge on any atom is -0.462 e. The van der Waals surface area contributed by atoms with Gasteiger partial charge in [-0.25, -0.2) is 4.57 Å². The van der Waals surface area contributed by atoms with E-state index in [1.54, 1.807) is 0 Å². The number of aliphatic hydroxyl groups excluding tert-OH is 2. The number of allylic oxidation sites excluding steroid dienone is 12. The van der Waals surface area contributed by atoms with Crippen LogP contribution in [0.1, 0.15) is 142 Å². The first kappa shape index (κ1) is 50.4. The fourth-order valence-corrected chi connectivity index (χ4v) is 5.63. The number of unbranched alkanes of at least 4 members (excludes halogenated alkanes) is 10. The van der Waals surface area contributed by atoms with E-state index in [1.807, 2.05) is 12.2 Å². The molecule has 0 amide bonds. The van der Waals surface area contributed by atoms with Crippen LogP contribution in [0.4, 0.5) is 0 Å². The highest BCUT2D eigenvalue weighted by Gasteiger charge is 2.27. The first-order chi connectivity index (χ1) is 25.7. The monoisotopic (exact) mass is 766 g/mol. The number of carbonyl (C=O) groups is 2. The van der Waals surface area contributed by atoms with Crippen LogP contribution in [0.25, 0.3) is 0 Å². The maximum absolute atomic E-state index is 12.5. The summed E-state index contributed by atoms with van der Waals surface area (Å²) < 4.78 is 32.5. The first-order valence-electron chi connectivity index (χ1n) is 19.9. The van der Waals surface area contributed by atoms with Gasteiger partial charge in [-0.2, -0.15) is 0 Å². The molecule has 0 fully saturated rings. The molecular formula is C42H71O10P. The van der Waals surface area contributed by atoms with Crippen LogP contribution in [0.2, 0.25) is 0 Å². The third kappa shape index (κ3) is 37.5. The Bertz CT molecular complexity index is 1110. The van der Waals surface area contributed by atoms with Crippen LogP contribution >= 0.6 is 7.82 Å². The Morgan fingerprint density at radius 2 is 1.04 bits per heavy atom. The SMILES string of the molecule is CC/C=C/C/C=C/C/C=C/C/C=C/C/C=C/C/C=C/CCC(=O)O[C@H](COC(=O)CCCCCCCCCCCCC)COP(=O)(O)OC[C@@H](O)CO. The van der Waals surface area contributed by atoms with Gasteiger partial charge in [0.25, 0.3) is 0 Å². The molecule has 53 heavy (non-hydrogen) atoms. The summed E-state index contributed by atoms with van der Waals surface area (Å²) in [5.41, 5.74) is 0. The van der Waals surface area contributed by atoms with Crippen molar-refractivity contribution in [2.75, 3.05) is 26.4 Å². The molecule has 0 aromatic rings. The Morgan fingerprint density at radius 3 is 1.53 bits per heavy atom. The van der Waals surface area contributed by atoms with Crippen molar-refractivity contribution in [3.8, 4) is 0 Å². The van der Waals surface area contributed by atoms with Crippen LogP contribution in [0, 0.1) is 0 Å². The lowest BCUT2D eigenvalue weighted by atomic mass is 10.1. The van der Waals surface area contributed by atoms with E-state index < -0.39 is 51.8 Å². The van der Waals surface area contributed by atoms with Gasteiger partial charge in [0.2, 0.25) is 0 Å². The second-order valence-corrected chi connectivity index (χ2v) is 14.4. The lowest BCUT2D eigenvalue weighted by molar-refractivity contribution is -0.161. The molecule has 10 nitrogen and oxygen atoms in total. The summed E-state index contributed by atoms with van der Waals surface area (Å²) in [6, 6.07) is 0. The zero-order valence-electron chi connectivity index (χ0n) is 32.7. The van der Waals surface area contributed by atoms with Crippen LogP contribution in [0.3, 0.4) is 0 Å². The van der Waals surface area contributed by atoms with E-state index in [4.69, 9.17) is 19.1 Å². The average molecular weight is 767 g/mol. The predicted molar refractivity (Wildman–Crippen MR) is 214 cm³/mol. The highest BCUT2D eigenvalue weighted by atomic mass is 31.2. The topological polar surface area (TPSA) is 149 Å². The molecule has 0 aliphatic carbocycles. The van der Waals surface area contributed by atoms with Gasteiger partial charge in [-0.3, -0.25) is 18.6 Å². The summed E-state index contributed by atoms with van der Waals surface area (Å²) in [7, 11) is -4.63. The number of aliphatic hydroxyl groups is 2. The van der Waals surface area contributed by atoms with Crippen molar-refractivity contribution in [1.82, 2.24) is 0 Å². The van der Waals surface area contributed by atoms with Crippen molar-refractivity contribution in [3.05, 3.63) is 72.9 Å². The van der Waals surface area contributed by atoms with E-state index in [0.29, 0.717) is 12.8 Å². The van der Waals surface area contributed by atoms with Gasteiger partial charge in [0.05, 0.1) is 19.8 Å². The number of hydrogen-bond acceptors (Lipinski definition) is 9. The molecule has 0 aliphatic heterocycles. The normalized spacial score (nSPS) is 14.7. The number of phosphoric ester groups is 1. The zero-order valence-corrected chi connectivity index (χ0v) is 33.6. The second-order valence-electron chi connectivity index (χ2n) is 12.9. The number of rotatable bonds is 36. The molecular weight excluding hydrogens is 695 g/mol. The fraction of sp³-hybridized carbons (Fsp3) is 0.667. The molecule has 304 valence electrons. The minimum absolute atomic E-state index is 0.0569. The van der Waals surface area contributed by atoms with E-state index in [-0.39, 0.29) is 19.4 Å². The summed E-state index contributed by atoms with van der Waals surface area (Å²) in [6.45, 7) is 2.14. The van der Waals surface area contributed by atoms with Crippen molar-refractivity contribution in [3.63, 3.8) is 0 Å². The molecule has 0 saturated heterocycles. The Labute approximate surface area is 320 Å². The molecule has 1 unspecified atom stereocenters. The molecule has 0 rings (SSSR count). The van der Waals surface area contributed by atoms with Crippen LogP contribution in [0.15, 0.2) is 72.9 Å².